The molecule has 1 amide bonds. The van der Waals surface area contributed by atoms with Gasteiger partial charge in [-0.05, 0) is 24.6 Å². The lowest BCUT2D eigenvalue weighted by Crippen LogP contribution is -2.20. The molecule has 8 nitrogen and oxygen atoms in total. The van der Waals surface area contributed by atoms with Crippen LogP contribution >= 0.6 is 11.8 Å². The third-order valence-corrected chi connectivity index (χ3v) is 5.10. The molecule has 0 saturated heterocycles. The molecule has 154 valence electrons. The van der Waals surface area contributed by atoms with Gasteiger partial charge in [-0.15, -0.1) is 10.2 Å². The maximum Gasteiger partial charge on any atom is 0.337 e. The van der Waals surface area contributed by atoms with Gasteiger partial charge in [-0.1, -0.05) is 54.2 Å². The van der Waals surface area contributed by atoms with Gasteiger partial charge in [0.05, 0.1) is 24.6 Å². The molecule has 0 spiro atoms. The number of thioether (sulfide) groups is 1. The Kier molecular flexibility index (Phi) is 7.34. The Morgan fingerprint density at radius 3 is 2.53 bits per heavy atom. The van der Waals surface area contributed by atoms with Crippen LogP contribution in [0.25, 0.3) is 11.4 Å². The number of ether oxygens (including phenoxy) is 1. The highest BCUT2D eigenvalue weighted by Gasteiger charge is 2.14. The Balaban J connectivity index is 1.54. The van der Waals surface area contributed by atoms with Crippen molar-refractivity contribution in [1.82, 2.24) is 20.2 Å². The van der Waals surface area contributed by atoms with Crippen LogP contribution in [0.2, 0.25) is 0 Å². The molecule has 30 heavy (non-hydrogen) atoms. The first-order valence-electron chi connectivity index (χ1n) is 9.24. The van der Waals surface area contributed by atoms with E-state index in [0.717, 1.165) is 17.0 Å². The van der Waals surface area contributed by atoms with Gasteiger partial charge >= 0.3 is 5.97 Å². The molecular formula is C21H21N5O3S. The van der Waals surface area contributed by atoms with Crippen LogP contribution in [0, 0.1) is 0 Å². The monoisotopic (exact) mass is 423 g/mol. The summed E-state index contributed by atoms with van der Waals surface area (Å²) in [5, 5.41) is 13.1. The number of benzene rings is 2. The van der Waals surface area contributed by atoms with E-state index in [2.05, 4.69) is 25.5 Å². The molecular weight excluding hydrogens is 402 g/mol. The van der Waals surface area contributed by atoms with E-state index in [1.807, 2.05) is 41.8 Å². The average molecular weight is 423 g/mol. The number of hydrogen-bond donors (Lipinski definition) is 1. The van der Waals surface area contributed by atoms with Crippen molar-refractivity contribution in [3.05, 3.63) is 65.7 Å². The van der Waals surface area contributed by atoms with Crippen molar-refractivity contribution in [2.24, 2.45) is 5.10 Å². The van der Waals surface area contributed by atoms with Gasteiger partial charge in [-0.25, -0.2) is 10.2 Å². The quantitative estimate of drug-likeness (QED) is 0.259. The molecule has 0 radical (unpaired) electrons. The van der Waals surface area contributed by atoms with Gasteiger partial charge in [-0.3, -0.25) is 4.79 Å². The van der Waals surface area contributed by atoms with Gasteiger partial charge < -0.3 is 9.30 Å². The van der Waals surface area contributed by atoms with E-state index in [4.69, 9.17) is 0 Å². The fourth-order valence-corrected chi connectivity index (χ4v) is 3.44. The summed E-state index contributed by atoms with van der Waals surface area (Å²) in [4.78, 5) is 23.5. The predicted molar refractivity (Wildman–Crippen MR) is 115 cm³/mol. The van der Waals surface area contributed by atoms with Crippen LogP contribution in [0.1, 0.15) is 22.8 Å². The second-order valence-corrected chi connectivity index (χ2v) is 7.05. The van der Waals surface area contributed by atoms with Gasteiger partial charge in [0.1, 0.15) is 0 Å². The standard InChI is InChI=1S/C21H21N5O3S/c1-3-26-19(16-7-5-4-6-8-16)24-25-21(26)30-14-18(27)23-22-13-15-9-11-17(12-10-15)20(28)29-2/h4-13H,3,14H2,1-2H3,(H,23,27)/b22-13+. The van der Waals surface area contributed by atoms with Gasteiger partial charge in [0.2, 0.25) is 0 Å². The molecule has 0 unspecified atom stereocenters. The SMILES string of the molecule is CCn1c(SCC(=O)N/N=C/c2ccc(C(=O)OC)cc2)nnc1-c1ccccc1. The van der Waals surface area contributed by atoms with E-state index in [9.17, 15) is 9.59 Å². The summed E-state index contributed by atoms with van der Waals surface area (Å²) in [7, 11) is 1.33. The van der Waals surface area contributed by atoms with E-state index in [1.54, 1.807) is 24.3 Å². The molecule has 1 heterocycles. The minimum Gasteiger partial charge on any atom is -0.465 e. The zero-order valence-electron chi connectivity index (χ0n) is 16.6. The lowest BCUT2D eigenvalue weighted by molar-refractivity contribution is -0.118. The maximum absolute atomic E-state index is 12.1. The molecule has 0 atom stereocenters. The van der Waals surface area contributed by atoms with Crippen LogP contribution in [0.15, 0.2) is 64.9 Å². The second-order valence-electron chi connectivity index (χ2n) is 6.11. The highest BCUT2D eigenvalue weighted by Crippen LogP contribution is 2.23. The van der Waals surface area contributed by atoms with Crippen LogP contribution in [-0.4, -0.2) is 45.7 Å². The number of methoxy groups -OCH3 is 1. The molecule has 0 fully saturated rings. The minimum absolute atomic E-state index is 0.158. The number of amides is 1. The lowest BCUT2D eigenvalue weighted by atomic mass is 10.1. The van der Waals surface area contributed by atoms with Gasteiger partial charge in [0.25, 0.3) is 5.91 Å². The van der Waals surface area contributed by atoms with E-state index in [-0.39, 0.29) is 11.7 Å². The summed E-state index contributed by atoms with van der Waals surface area (Å²) in [5.41, 5.74) is 4.66. The number of hydrazone groups is 1. The van der Waals surface area contributed by atoms with E-state index >= 15 is 0 Å². The van der Waals surface area contributed by atoms with Crippen molar-refractivity contribution in [1.29, 1.82) is 0 Å². The zero-order chi connectivity index (χ0) is 21.3. The van der Waals surface area contributed by atoms with Crippen LogP contribution in [0.4, 0.5) is 0 Å². The highest BCUT2D eigenvalue weighted by molar-refractivity contribution is 7.99. The zero-order valence-corrected chi connectivity index (χ0v) is 17.4. The third kappa shape index (κ3) is 5.32. The Labute approximate surface area is 178 Å². The van der Waals surface area contributed by atoms with E-state index in [0.29, 0.717) is 17.3 Å². The largest absolute Gasteiger partial charge is 0.465 e. The van der Waals surface area contributed by atoms with E-state index < -0.39 is 5.97 Å². The molecule has 0 aliphatic heterocycles. The molecule has 0 bridgehead atoms. The smallest absolute Gasteiger partial charge is 0.337 e. The lowest BCUT2D eigenvalue weighted by Gasteiger charge is -2.06. The first-order chi connectivity index (χ1) is 14.6. The molecule has 1 N–H and O–H groups in total. The predicted octanol–water partition coefficient (Wildman–Crippen LogP) is 2.99. The highest BCUT2D eigenvalue weighted by atomic mass is 32.2. The molecule has 3 aromatic rings. The number of aromatic nitrogens is 3. The van der Waals surface area contributed by atoms with Crippen molar-refractivity contribution >= 4 is 29.9 Å². The van der Waals surface area contributed by atoms with Gasteiger partial charge in [0, 0.05) is 12.1 Å². The van der Waals surface area contributed by atoms with Gasteiger partial charge in [-0.2, -0.15) is 5.10 Å². The number of esters is 1. The summed E-state index contributed by atoms with van der Waals surface area (Å²) >= 11 is 1.30. The summed E-state index contributed by atoms with van der Waals surface area (Å²) < 4.78 is 6.62. The Hall–Kier alpha value is -3.46. The summed E-state index contributed by atoms with van der Waals surface area (Å²) in [6.45, 7) is 2.70. The molecule has 0 saturated carbocycles. The molecule has 2 aromatic carbocycles. The first kappa shape index (κ1) is 21.3. The number of carbonyl (C=O) groups is 2. The van der Waals surface area contributed by atoms with Gasteiger partial charge in [0.15, 0.2) is 11.0 Å². The number of nitrogens with zero attached hydrogens (tertiary/aromatic N) is 4. The maximum atomic E-state index is 12.1. The normalized spacial score (nSPS) is 10.9. The van der Waals surface area contributed by atoms with Crippen molar-refractivity contribution in [2.75, 3.05) is 12.9 Å². The number of rotatable bonds is 8. The minimum atomic E-state index is -0.404. The Bertz CT molecular complexity index is 1030. The molecule has 1 aromatic heterocycles. The number of carbonyl (C=O) groups excluding carboxylic acids is 2. The summed E-state index contributed by atoms with van der Waals surface area (Å²) in [6.07, 6.45) is 1.51. The number of nitrogens with one attached hydrogen (secondary N) is 1. The van der Waals surface area contributed by atoms with Crippen molar-refractivity contribution < 1.29 is 14.3 Å². The van der Waals surface area contributed by atoms with E-state index in [1.165, 1.54) is 25.1 Å². The topological polar surface area (TPSA) is 98.5 Å². The average Bonchev–Trinajstić information content (AvgIpc) is 3.21. The number of hydrogen-bond acceptors (Lipinski definition) is 7. The van der Waals surface area contributed by atoms with Crippen LogP contribution in [0.5, 0.6) is 0 Å². The van der Waals surface area contributed by atoms with Crippen LogP contribution < -0.4 is 5.43 Å². The first-order valence-corrected chi connectivity index (χ1v) is 10.2. The summed E-state index contributed by atoms with van der Waals surface area (Å²) in [5.74, 6) is 0.272. The summed E-state index contributed by atoms with van der Waals surface area (Å²) in [6, 6.07) is 16.5. The fourth-order valence-electron chi connectivity index (χ4n) is 2.65. The Morgan fingerprint density at radius 2 is 1.87 bits per heavy atom. The van der Waals surface area contributed by atoms with Crippen molar-refractivity contribution in [3.63, 3.8) is 0 Å². The fraction of sp³-hybridized carbons (Fsp3) is 0.190. The van der Waals surface area contributed by atoms with Crippen molar-refractivity contribution in [3.8, 4) is 11.4 Å². The molecule has 0 aliphatic rings. The Morgan fingerprint density at radius 1 is 1.13 bits per heavy atom. The molecule has 9 heteroatoms. The third-order valence-electron chi connectivity index (χ3n) is 4.13. The molecule has 0 aliphatic carbocycles. The van der Waals surface area contributed by atoms with Crippen molar-refractivity contribution in [2.45, 2.75) is 18.6 Å². The molecule has 3 rings (SSSR count). The van der Waals surface area contributed by atoms with Crippen LogP contribution in [-0.2, 0) is 16.1 Å². The van der Waals surface area contributed by atoms with Crippen LogP contribution in [0.3, 0.4) is 0 Å². The second kappa shape index (κ2) is 10.4.